The van der Waals surface area contributed by atoms with Crippen molar-refractivity contribution < 1.29 is 0 Å². The summed E-state index contributed by atoms with van der Waals surface area (Å²) in [4.78, 5) is 2.71. The number of hydrogen-bond donors (Lipinski definition) is 1. The highest BCUT2D eigenvalue weighted by Crippen LogP contribution is 2.20. The maximum absolute atomic E-state index is 3.51. The van der Waals surface area contributed by atoms with Crippen molar-refractivity contribution >= 4 is 24.8 Å². The summed E-state index contributed by atoms with van der Waals surface area (Å²) >= 11 is 0. The average molecular weight is 255 g/mol. The Hall–Kier alpha value is 0.500. The van der Waals surface area contributed by atoms with E-state index in [9.17, 15) is 0 Å². The maximum atomic E-state index is 3.51. The molecule has 0 aromatic carbocycles. The van der Waals surface area contributed by atoms with E-state index in [-0.39, 0.29) is 24.8 Å². The highest BCUT2D eigenvalue weighted by molar-refractivity contribution is 5.85. The van der Waals surface area contributed by atoms with Gasteiger partial charge in [-0.15, -0.1) is 24.8 Å². The first-order valence-corrected chi connectivity index (χ1v) is 5.81. The molecule has 2 nitrogen and oxygen atoms in total. The zero-order chi connectivity index (χ0) is 9.10. The molecule has 2 rings (SSSR count). The van der Waals surface area contributed by atoms with E-state index in [0.717, 1.165) is 12.0 Å². The van der Waals surface area contributed by atoms with Crippen LogP contribution in [-0.2, 0) is 0 Å². The predicted octanol–water partition coefficient (Wildman–Crippen LogP) is 2.31. The van der Waals surface area contributed by atoms with Crippen LogP contribution in [0.1, 0.15) is 32.6 Å². The molecule has 2 fully saturated rings. The number of nitrogens with one attached hydrogen (secondary N) is 1. The molecule has 4 heteroatoms. The van der Waals surface area contributed by atoms with Gasteiger partial charge in [-0.2, -0.15) is 0 Å². The second-order valence-electron chi connectivity index (χ2n) is 4.74. The number of halogens is 2. The van der Waals surface area contributed by atoms with E-state index in [0.29, 0.717) is 0 Å². The second kappa shape index (κ2) is 7.72. The number of nitrogens with zero attached hydrogens (tertiary/aromatic N) is 1. The van der Waals surface area contributed by atoms with Crippen LogP contribution in [0.4, 0.5) is 0 Å². The molecule has 0 radical (unpaired) electrons. The van der Waals surface area contributed by atoms with E-state index in [1.807, 2.05) is 0 Å². The summed E-state index contributed by atoms with van der Waals surface area (Å²) in [5.41, 5.74) is 0. The number of rotatable bonds is 1. The fourth-order valence-corrected chi connectivity index (χ4v) is 2.70. The number of likely N-dealkylation sites (tertiary alicyclic amines) is 1. The van der Waals surface area contributed by atoms with Gasteiger partial charge in [0.1, 0.15) is 0 Å². The SMILES string of the molecule is CC1CCCN(C2CCCNC2)C1.Cl.Cl. The largest absolute Gasteiger partial charge is 0.315 e. The summed E-state index contributed by atoms with van der Waals surface area (Å²) in [6, 6.07) is 0.844. The Bertz CT molecular complexity index is 161. The molecule has 0 amide bonds. The second-order valence-corrected chi connectivity index (χ2v) is 4.74. The lowest BCUT2D eigenvalue weighted by atomic mass is 9.96. The van der Waals surface area contributed by atoms with Crippen molar-refractivity contribution in [1.29, 1.82) is 0 Å². The summed E-state index contributed by atoms with van der Waals surface area (Å²) in [6.07, 6.45) is 5.64. The van der Waals surface area contributed by atoms with Crippen LogP contribution in [0.25, 0.3) is 0 Å². The molecule has 0 aliphatic carbocycles. The molecule has 2 aliphatic heterocycles. The van der Waals surface area contributed by atoms with Crippen LogP contribution in [0.2, 0.25) is 0 Å². The molecule has 2 atom stereocenters. The van der Waals surface area contributed by atoms with Gasteiger partial charge in [0.15, 0.2) is 0 Å². The molecule has 0 bridgehead atoms. The Morgan fingerprint density at radius 3 is 2.53 bits per heavy atom. The minimum atomic E-state index is 0. The van der Waals surface area contributed by atoms with Crippen molar-refractivity contribution in [2.45, 2.75) is 38.6 Å². The molecule has 1 N–H and O–H groups in total. The fraction of sp³-hybridized carbons (Fsp3) is 1.00. The van der Waals surface area contributed by atoms with E-state index in [4.69, 9.17) is 0 Å². The van der Waals surface area contributed by atoms with Gasteiger partial charge in [0.2, 0.25) is 0 Å². The van der Waals surface area contributed by atoms with Crippen molar-refractivity contribution in [2.75, 3.05) is 26.2 Å². The lowest BCUT2D eigenvalue weighted by Crippen LogP contribution is -2.49. The topological polar surface area (TPSA) is 15.3 Å². The van der Waals surface area contributed by atoms with Gasteiger partial charge in [-0.25, -0.2) is 0 Å². The first-order valence-electron chi connectivity index (χ1n) is 5.81. The normalized spacial score (nSPS) is 32.6. The molecular formula is C11H24Cl2N2. The van der Waals surface area contributed by atoms with E-state index in [2.05, 4.69) is 17.1 Å². The maximum Gasteiger partial charge on any atom is 0.0221 e. The van der Waals surface area contributed by atoms with Crippen LogP contribution in [0.15, 0.2) is 0 Å². The highest BCUT2D eigenvalue weighted by atomic mass is 35.5. The summed E-state index contributed by atoms with van der Waals surface area (Å²) < 4.78 is 0. The molecule has 2 unspecified atom stereocenters. The van der Waals surface area contributed by atoms with Gasteiger partial charge in [-0.3, -0.25) is 4.90 Å². The van der Waals surface area contributed by atoms with Crippen molar-refractivity contribution in [3.63, 3.8) is 0 Å². The lowest BCUT2D eigenvalue weighted by molar-refractivity contribution is 0.111. The van der Waals surface area contributed by atoms with Crippen LogP contribution in [0.5, 0.6) is 0 Å². The molecule has 2 saturated heterocycles. The minimum Gasteiger partial charge on any atom is -0.315 e. The third kappa shape index (κ3) is 4.48. The van der Waals surface area contributed by atoms with E-state index in [1.54, 1.807) is 0 Å². The fourth-order valence-electron chi connectivity index (χ4n) is 2.70. The summed E-state index contributed by atoms with van der Waals surface area (Å²) in [5.74, 6) is 0.927. The van der Waals surface area contributed by atoms with Gasteiger partial charge in [-0.1, -0.05) is 6.92 Å². The Morgan fingerprint density at radius 2 is 1.93 bits per heavy atom. The van der Waals surface area contributed by atoms with E-state index in [1.165, 1.54) is 51.9 Å². The third-order valence-electron chi connectivity index (χ3n) is 3.48. The van der Waals surface area contributed by atoms with Crippen molar-refractivity contribution in [3.05, 3.63) is 0 Å². The third-order valence-corrected chi connectivity index (χ3v) is 3.48. The molecule has 2 aliphatic rings. The predicted molar refractivity (Wildman–Crippen MR) is 70.4 cm³/mol. The smallest absolute Gasteiger partial charge is 0.0221 e. The highest BCUT2D eigenvalue weighted by Gasteiger charge is 2.24. The first kappa shape index (κ1) is 15.5. The lowest BCUT2D eigenvalue weighted by Gasteiger charge is -2.39. The monoisotopic (exact) mass is 254 g/mol. The molecule has 0 saturated carbocycles. The van der Waals surface area contributed by atoms with Crippen molar-refractivity contribution in [2.24, 2.45) is 5.92 Å². The van der Waals surface area contributed by atoms with E-state index >= 15 is 0 Å². The molecule has 92 valence electrons. The van der Waals surface area contributed by atoms with Gasteiger partial charge in [0.25, 0.3) is 0 Å². The Morgan fingerprint density at radius 1 is 1.13 bits per heavy atom. The zero-order valence-electron chi connectivity index (χ0n) is 9.58. The molecule has 0 spiro atoms. The standard InChI is InChI=1S/C11H22N2.2ClH/c1-10-4-3-7-13(9-10)11-5-2-6-12-8-11;;/h10-12H,2-9H2,1H3;2*1H. The van der Waals surface area contributed by atoms with Crippen LogP contribution in [0, 0.1) is 5.92 Å². The molecule has 2 heterocycles. The Kier molecular flexibility index (Phi) is 7.98. The summed E-state index contributed by atoms with van der Waals surface area (Å²) in [5, 5.41) is 3.51. The van der Waals surface area contributed by atoms with Gasteiger partial charge in [0, 0.05) is 19.1 Å². The number of hydrogen-bond acceptors (Lipinski definition) is 2. The molecular weight excluding hydrogens is 231 g/mol. The van der Waals surface area contributed by atoms with Crippen LogP contribution < -0.4 is 5.32 Å². The Balaban J connectivity index is 0.000000980. The van der Waals surface area contributed by atoms with Gasteiger partial charge >= 0.3 is 0 Å². The zero-order valence-corrected chi connectivity index (χ0v) is 11.2. The van der Waals surface area contributed by atoms with Gasteiger partial charge in [-0.05, 0) is 44.7 Å². The average Bonchev–Trinajstić information content (AvgIpc) is 2.19. The van der Waals surface area contributed by atoms with Gasteiger partial charge < -0.3 is 5.32 Å². The van der Waals surface area contributed by atoms with E-state index < -0.39 is 0 Å². The first-order chi connectivity index (χ1) is 6.36. The summed E-state index contributed by atoms with van der Waals surface area (Å²) in [6.45, 7) is 7.54. The Labute approximate surface area is 106 Å². The van der Waals surface area contributed by atoms with Crippen LogP contribution in [0.3, 0.4) is 0 Å². The van der Waals surface area contributed by atoms with Crippen LogP contribution in [-0.4, -0.2) is 37.1 Å². The van der Waals surface area contributed by atoms with Crippen molar-refractivity contribution in [3.8, 4) is 0 Å². The molecule has 0 aromatic heterocycles. The van der Waals surface area contributed by atoms with Crippen molar-refractivity contribution in [1.82, 2.24) is 10.2 Å². The number of piperidine rings is 2. The van der Waals surface area contributed by atoms with Crippen LogP contribution >= 0.6 is 24.8 Å². The quantitative estimate of drug-likeness (QED) is 0.773. The van der Waals surface area contributed by atoms with Gasteiger partial charge in [0.05, 0.1) is 0 Å². The molecule has 15 heavy (non-hydrogen) atoms. The molecule has 0 aromatic rings. The minimum absolute atomic E-state index is 0. The summed E-state index contributed by atoms with van der Waals surface area (Å²) in [7, 11) is 0.